The van der Waals surface area contributed by atoms with Crippen LogP contribution in [-0.4, -0.2) is 24.4 Å². The molecule has 0 atom stereocenters. The Hall–Kier alpha value is -4.18. The lowest BCUT2D eigenvalue weighted by Gasteiger charge is -2.17. The van der Waals surface area contributed by atoms with Crippen LogP contribution in [0.25, 0.3) is 17.2 Å². The summed E-state index contributed by atoms with van der Waals surface area (Å²) in [5.41, 5.74) is 6.38. The van der Waals surface area contributed by atoms with Gasteiger partial charge in [0.2, 0.25) is 0 Å². The molecular formula is C30H26N2O2. The van der Waals surface area contributed by atoms with E-state index in [-0.39, 0.29) is 0 Å². The maximum absolute atomic E-state index is 6.23. The highest BCUT2D eigenvalue weighted by atomic mass is 16.5. The van der Waals surface area contributed by atoms with Crippen molar-refractivity contribution < 1.29 is 9.47 Å². The number of hydrogen-bond donors (Lipinski definition) is 0. The molecule has 0 aliphatic carbocycles. The normalized spacial score (nSPS) is 14.5. The number of aromatic nitrogens is 1. The van der Waals surface area contributed by atoms with Gasteiger partial charge in [0.05, 0.1) is 12.8 Å². The molecule has 1 aromatic heterocycles. The highest BCUT2D eigenvalue weighted by molar-refractivity contribution is 6.15. The zero-order valence-electron chi connectivity index (χ0n) is 19.1. The van der Waals surface area contributed by atoms with Crippen molar-refractivity contribution in [3.8, 4) is 28.4 Å². The molecule has 2 heterocycles. The molecule has 0 bridgehead atoms. The first-order chi connectivity index (χ1) is 16.8. The topological polar surface area (TPSA) is 43.7 Å². The van der Waals surface area contributed by atoms with Crippen LogP contribution >= 0.6 is 0 Å². The molecule has 0 radical (unpaired) electrons. The van der Waals surface area contributed by atoms with Crippen molar-refractivity contribution in [1.29, 1.82) is 0 Å². The van der Waals surface area contributed by atoms with E-state index in [2.05, 4.69) is 35.3 Å². The van der Waals surface area contributed by atoms with Crippen LogP contribution < -0.4 is 9.47 Å². The van der Waals surface area contributed by atoms with Gasteiger partial charge in [0, 0.05) is 35.6 Å². The van der Waals surface area contributed by atoms with E-state index in [1.54, 1.807) is 13.3 Å². The van der Waals surface area contributed by atoms with Gasteiger partial charge in [0.25, 0.3) is 0 Å². The summed E-state index contributed by atoms with van der Waals surface area (Å²) in [7, 11) is 1.70. The summed E-state index contributed by atoms with van der Waals surface area (Å²) in [5.74, 6) is 2.38. The number of aliphatic imine (C=N–C) groups is 1. The van der Waals surface area contributed by atoms with Crippen LogP contribution in [0.5, 0.6) is 17.2 Å². The summed E-state index contributed by atoms with van der Waals surface area (Å²) in [6.07, 6.45) is 7.94. The second-order valence-electron chi connectivity index (χ2n) is 8.12. The average Bonchev–Trinajstić information content (AvgIpc) is 2.90. The maximum Gasteiger partial charge on any atom is 0.135 e. The number of para-hydroxylation sites is 2. The third-order valence-corrected chi connectivity index (χ3v) is 5.83. The number of hydrogen-bond acceptors (Lipinski definition) is 4. The van der Waals surface area contributed by atoms with Crippen LogP contribution in [0.15, 0.2) is 108 Å². The van der Waals surface area contributed by atoms with E-state index >= 15 is 0 Å². The Kier molecular flexibility index (Phi) is 6.48. The van der Waals surface area contributed by atoms with E-state index in [4.69, 9.17) is 14.5 Å². The van der Waals surface area contributed by atoms with E-state index in [1.165, 1.54) is 5.57 Å². The minimum absolute atomic E-state index is 0.784. The van der Waals surface area contributed by atoms with Crippen molar-refractivity contribution in [3.63, 3.8) is 0 Å². The molecule has 168 valence electrons. The fourth-order valence-corrected chi connectivity index (χ4v) is 4.22. The highest BCUT2D eigenvalue weighted by Crippen LogP contribution is 2.39. The first kappa shape index (κ1) is 21.7. The molecule has 1 aliphatic rings. The fraction of sp³-hybridized carbons (Fsp3) is 0.133. The molecule has 0 amide bonds. The largest absolute Gasteiger partial charge is 0.496 e. The average molecular weight is 447 g/mol. The molecule has 0 spiro atoms. The monoisotopic (exact) mass is 446 g/mol. The van der Waals surface area contributed by atoms with Gasteiger partial charge < -0.3 is 9.47 Å². The molecule has 0 N–H and O–H groups in total. The van der Waals surface area contributed by atoms with Gasteiger partial charge in [-0.15, -0.1) is 0 Å². The van der Waals surface area contributed by atoms with Crippen LogP contribution in [0.2, 0.25) is 0 Å². The Balaban J connectivity index is 1.55. The minimum Gasteiger partial charge on any atom is -0.496 e. The molecule has 0 saturated carbocycles. The van der Waals surface area contributed by atoms with Crippen molar-refractivity contribution in [3.05, 3.63) is 114 Å². The van der Waals surface area contributed by atoms with Crippen molar-refractivity contribution >= 4 is 11.8 Å². The summed E-state index contributed by atoms with van der Waals surface area (Å²) in [6, 6.07) is 28.2. The lowest BCUT2D eigenvalue weighted by Crippen LogP contribution is -2.11. The molecule has 0 saturated heterocycles. The fourth-order valence-electron chi connectivity index (χ4n) is 4.22. The first-order valence-corrected chi connectivity index (χ1v) is 11.5. The smallest absolute Gasteiger partial charge is 0.135 e. The third-order valence-electron chi connectivity index (χ3n) is 5.83. The standard InChI is InChI=1S/C30H26N2O2/c1-33-28-16-15-22(19-23-9-8-18-32-30(23)24-10-7-17-31-21-24)20-27(28)26-13-5-6-14-29(26)34-25-11-3-2-4-12-25/h2-7,10-17,19-21H,8-9,18H2,1H3. The first-order valence-electron chi connectivity index (χ1n) is 11.5. The molecule has 4 heteroatoms. The van der Waals surface area contributed by atoms with Gasteiger partial charge in [-0.2, -0.15) is 0 Å². The van der Waals surface area contributed by atoms with Crippen molar-refractivity contribution in [2.24, 2.45) is 4.99 Å². The lowest BCUT2D eigenvalue weighted by molar-refractivity contribution is 0.416. The van der Waals surface area contributed by atoms with Gasteiger partial charge in [-0.3, -0.25) is 9.98 Å². The van der Waals surface area contributed by atoms with E-state index in [9.17, 15) is 0 Å². The van der Waals surface area contributed by atoms with Crippen molar-refractivity contribution in [2.75, 3.05) is 13.7 Å². The Labute approximate surface area is 200 Å². The Morgan fingerprint density at radius 2 is 1.68 bits per heavy atom. The molecule has 4 nitrogen and oxygen atoms in total. The van der Waals surface area contributed by atoms with E-state index in [0.29, 0.717) is 0 Å². The summed E-state index contributed by atoms with van der Waals surface area (Å²) in [6.45, 7) is 0.847. The van der Waals surface area contributed by atoms with Gasteiger partial charge in [0.1, 0.15) is 17.2 Å². The Bertz CT molecular complexity index is 1330. The van der Waals surface area contributed by atoms with Crippen molar-refractivity contribution in [1.82, 2.24) is 4.98 Å². The van der Waals surface area contributed by atoms with E-state index < -0.39 is 0 Å². The lowest BCUT2D eigenvalue weighted by atomic mass is 9.93. The molecule has 0 fully saturated rings. The Morgan fingerprint density at radius 3 is 2.50 bits per heavy atom. The second kappa shape index (κ2) is 10.2. The number of nitrogens with zero attached hydrogens (tertiary/aromatic N) is 2. The maximum atomic E-state index is 6.23. The SMILES string of the molecule is COc1ccc(C=C2CCCN=C2c2cccnc2)cc1-c1ccccc1Oc1ccccc1. The van der Waals surface area contributed by atoms with E-state index in [0.717, 1.165) is 64.6 Å². The van der Waals surface area contributed by atoms with Crippen LogP contribution in [0, 0.1) is 0 Å². The summed E-state index contributed by atoms with van der Waals surface area (Å²) in [4.78, 5) is 9.10. The predicted octanol–water partition coefficient (Wildman–Crippen LogP) is 7.22. The van der Waals surface area contributed by atoms with Gasteiger partial charge >= 0.3 is 0 Å². The highest BCUT2D eigenvalue weighted by Gasteiger charge is 2.16. The zero-order chi connectivity index (χ0) is 23.2. The van der Waals surface area contributed by atoms with Gasteiger partial charge in [-0.1, -0.05) is 42.5 Å². The zero-order valence-corrected chi connectivity index (χ0v) is 19.1. The summed E-state index contributed by atoms with van der Waals surface area (Å²) in [5, 5.41) is 0. The number of ether oxygens (including phenoxy) is 2. The van der Waals surface area contributed by atoms with Crippen LogP contribution in [0.4, 0.5) is 0 Å². The van der Waals surface area contributed by atoms with Crippen LogP contribution in [0.3, 0.4) is 0 Å². The quantitative estimate of drug-likeness (QED) is 0.314. The van der Waals surface area contributed by atoms with Gasteiger partial charge in [-0.05, 0) is 72.5 Å². The number of rotatable bonds is 6. The third kappa shape index (κ3) is 4.76. The Morgan fingerprint density at radius 1 is 0.824 bits per heavy atom. The summed E-state index contributed by atoms with van der Waals surface area (Å²) < 4.78 is 12.0. The second-order valence-corrected chi connectivity index (χ2v) is 8.12. The molecule has 5 rings (SSSR count). The molecule has 0 unspecified atom stereocenters. The number of methoxy groups -OCH3 is 1. The minimum atomic E-state index is 0.784. The van der Waals surface area contributed by atoms with Gasteiger partial charge in [-0.25, -0.2) is 0 Å². The molecule has 1 aliphatic heterocycles. The number of benzene rings is 3. The van der Waals surface area contributed by atoms with Crippen LogP contribution in [-0.2, 0) is 0 Å². The predicted molar refractivity (Wildman–Crippen MR) is 138 cm³/mol. The van der Waals surface area contributed by atoms with Crippen molar-refractivity contribution in [2.45, 2.75) is 12.8 Å². The molecule has 34 heavy (non-hydrogen) atoms. The number of allylic oxidation sites excluding steroid dienone is 1. The summed E-state index contributed by atoms with van der Waals surface area (Å²) >= 11 is 0. The van der Waals surface area contributed by atoms with Gasteiger partial charge in [0.15, 0.2) is 0 Å². The van der Waals surface area contributed by atoms with E-state index in [1.807, 2.05) is 66.9 Å². The molecule has 4 aromatic rings. The molecule has 3 aromatic carbocycles. The number of pyridine rings is 1. The molecular weight excluding hydrogens is 420 g/mol. The van der Waals surface area contributed by atoms with Crippen LogP contribution in [0.1, 0.15) is 24.0 Å².